The molecule has 0 saturated heterocycles. The monoisotopic (exact) mass is 273 g/mol. The molecule has 5 nitrogen and oxygen atoms in total. The molecule has 0 spiro atoms. The Morgan fingerprint density at radius 3 is 2.70 bits per heavy atom. The highest BCUT2D eigenvalue weighted by molar-refractivity contribution is 5.95. The summed E-state index contributed by atoms with van der Waals surface area (Å²) in [5.74, 6) is -0.903. The Balaban J connectivity index is 2.44. The summed E-state index contributed by atoms with van der Waals surface area (Å²) < 4.78 is 14.4. The number of nitriles is 1. The molecule has 2 rings (SSSR count). The highest BCUT2D eigenvalue weighted by Gasteiger charge is 2.18. The normalized spacial score (nSPS) is 10.1. The van der Waals surface area contributed by atoms with Crippen molar-refractivity contribution in [2.24, 2.45) is 0 Å². The van der Waals surface area contributed by atoms with E-state index in [1.165, 1.54) is 34.9 Å². The fourth-order valence-electron chi connectivity index (χ4n) is 1.76. The third kappa shape index (κ3) is 2.68. The Kier molecular flexibility index (Phi) is 4.13. The lowest BCUT2D eigenvalue weighted by atomic mass is 10.2. The Labute approximate surface area is 115 Å². The van der Waals surface area contributed by atoms with E-state index < -0.39 is 5.91 Å². The van der Waals surface area contributed by atoms with Crippen LogP contribution in [0.25, 0.3) is 5.69 Å². The first-order valence-corrected chi connectivity index (χ1v) is 5.97. The van der Waals surface area contributed by atoms with Crippen LogP contribution in [0.5, 0.6) is 0 Å². The molecule has 1 heterocycles. The number of carbonyl (C=O) groups is 1. The first-order valence-electron chi connectivity index (χ1n) is 5.97. The van der Waals surface area contributed by atoms with Gasteiger partial charge in [0.15, 0.2) is 0 Å². The van der Waals surface area contributed by atoms with E-state index >= 15 is 0 Å². The van der Waals surface area contributed by atoms with Gasteiger partial charge in [-0.3, -0.25) is 9.63 Å². The van der Waals surface area contributed by atoms with Crippen molar-refractivity contribution < 1.29 is 14.0 Å². The van der Waals surface area contributed by atoms with Gasteiger partial charge in [0.25, 0.3) is 5.91 Å². The first kappa shape index (κ1) is 13.8. The smallest absolute Gasteiger partial charge is 0.293 e. The fraction of sp³-hybridized carbons (Fsp3) is 0.143. The molecule has 0 aliphatic rings. The van der Waals surface area contributed by atoms with Gasteiger partial charge < -0.3 is 4.57 Å². The van der Waals surface area contributed by atoms with Crippen molar-refractivity contribution in [3.8, 4) is 11.8 Å². The summed E-state index contributed by atoms with van der Waals surface area (Å²) in [6.07, 6.45) is 1.58. The maximum Gasteiger partial charge on any atom is 0.293 e. The van der Waals surface area contributed by atoms with Crippen molar-refractivity contribution >= 4 is 5.91 Å². The molecular formula is C14H12FN3O2. The summed E-state index contributed by atoms with van der Waals surface area (Å²) in [5.41, 5.74) is 3.18. The molecule has 6 heteroatoms. The van der Waals surface area contributed by atoms with E-state index in [9.17, 15) is 9.18 Å². The van der Waals surface area contributed by atoms with Gasteiger partial charge in [0.05, 0.1) is 12.2 Å². The molecule has 0 unspecified atom stereocenters. The average Bonchev–Trinajstić information content (AvgIpc) is 2.89. The Morgan fingerprint density at radius 1 is 1.40 bits per heavy atom. The lowest BCUT2D eigenvalue weighted by Gasteiger charge is -2.09. The van der Waals surface area contributed by atoms with Gasteiger partial charge in [-0.05, 0) is 37.3 Å². The average molecular weight is 273 g/mol. The minimum Gasteiger partial charge on any atom is -0.311 e. The molecule has 1 amide bonds. The molecule has 0 fully saturated rings. The zero-order chi connectivity index (χ0) is 14.5. The van der Waals surface area contributed by atoms with Crippen LogP contribution in [0.1, 0.15) is 23.0 Å². The number of amides is 1. The molecule has 0 radical (unpaired) electrons. The lowest BCUT2D eigenvalue weighted by molar-refractivity contribution is 0.0358. The van der Waals surface area contributed by atoms with E-state index in [2.05, 4.69) is 5.48 Å². The molecule has 2 aromatic rings. The van der Waals surface area contributed by atoms with Crippen molar-refractivity contribution in [1.82, 2.24) is 10.0 Å². The van der Waals surface area contributed by atoms with Gasteiger partial charge in [0, 0.05) is 11.9 Å². The molecule has 0 aliphatic heterocycles. The number of nitrogens with zero attached hydrogens (tertiary/aromatic N) is 2. The minimum atomic E-state index is -0.530. The number of carbonyl (C=O) groups excluding carboxylic acids is 1. The van der Waals surface area contributed by atoms with Crippen LogP contribution in [-0.4, -0.2) is 17.1 Å². The van der Waals surface area contributed by atoms with Gasteiger partial charge in [-0.25, -0.2) is 9.87 Å². The van der Waals surface area contributed by atoms with E-state index in [1.807, 2.05) is 6.07 Å². The third-order valence-corrected chi connectivity index (χ3v) is 2.64. The summed E-state index contributed by atoms with van der Waals surface area (Å²) in [6.45, 7) is 2.04. The summed E-state index contributed by atoms with van der Waals surface area (Å²) >= 11 is 0. The van der Waals surface area contributed by atoms with Crippen LogP contribution < -0.4 is 5.48 Å². The molecule has 0 bridgehead atoms. The van der Waals surface area contributed by atoms with Gasteiger partial charge in [0.2, 0.25) is 0 Å². The predicted octanol–water partition coefficient (Wildman–Crippen LogP) is 2.17. The standard InChI is InChI=1S/C14H12FN3O2/c1-2-20-17-14(19)13-10(9-16)7-8-18(13)12-5-3-11(15)4-6-12/h3-8H,2H2,1H3,(H,17,19). The zero-order valence-electron chi connectivity index (χ0n) is 10.8. The molecule has 102 valence electrons. The number of hydrogen-bond acceptors (Lipinski definition) is 3. The second kappa shape index (κ2) is 5.99. The van der Waals surface area contributed by atoms with Crippen molar-refractivity contribution in [3.63, 3.8) is 0 Å². The zero-order valence-corrected chi connectivity index (χ0v) is 10.8. The molecule has 0 saturated carbocycles. The van der Waals surface area contributed by atoms with Crippen molar-refractivity contribution in [3.05, 3.63) is 53.6 Å². The van der Waals surface area contributed by atoms with E-state index in [0.29, 0.717) is 12.3 Å². The predicted molar refractivity (Wildman–Crippen MR) is 69.5 cm³/mol. The van der Waals surface area contributed by atoms with E-state index in [-0.39, 0.29) is 17.1 Å². The van der Waals surface area contributed by atoms with Gasteiger partial charge in [0.1, 0.15) is 17.6 Å². The first-order chi connectivity index (χ1) is 9.67. The van der Waals surface area contributed by atoms with Crippen LogP contribution >= 0.6 is 0 Å². The molecule has 1 aromatic heterocycles. The van der Waals surface area contributed by atoms with Gasteiger partial charge in [-0.2, -0.15) is 5.26 Å². The second-order valence-corrected chi connectivity index (χ2v) is 3.90. The third-order valence-electron chi connectivity index (χ3n) is 2.64. The van der Waals surface area contributed by atoms with Gasteiger partial charge in [-0.1, -0.05) is 0 Å². The van der Waals surface area contributed by atoms with E-state index in [1.54, 1.807) is 13.1 Å². The number of hydrogen-bond donors (Lipinski definition) is 1. The molecule has 20 heavy (non-hydrogen) atoms. The molecule has 0 atom stereocenters. The van der Waals surface area contributed by atoms with Gasteiger partial charge in [-0.15, -0.1) is 0 Å². The molecule has 1 aromatic carbocycles. The molecule has 1 N–H and O–H groups in total. The number of benzene rings is 1. The van der Waals surface area contributed by atoms with Crippen LogP contribution in [0.3, 0.4) is 0 Å². The van der Waals surface area contributed by atoms with Crippen LogP contribution in [-0.2, 0) is 4.84 Å². The van der Waals surface area contributed by atoms with Crippen molar-refractivity contribution in [1.29, 1.82) is 5.26 Å². The molecular weight excluding hydrogens is 261 g/mol. The summed E-state index contributed by atoms with van der Waals surface area (Å²) in [5, 5.41) is 9.05. The summed E-state index contributed by atoms with van der Waals surface area (Å²) in [6, 6.07) is 9.07. The quantitative estimate of drug-likeness (QED) is 0.868. The number of rotatable bonds is 4. The summed E-state index contributed by atoms with van der Waals surface area (Å²) in [7, 11) is 0. The Morgan fingerprint density at radius 2 is 2.10 bits per heavy atom. The fourth-order valence-corrected chi connectivity index (χ4v) is 1.76. The number of aromatic nitrogens is 1. The SMILES string of the molecule is CCONC(=O)c1c(C#N)ccn1-c1ccc(F)cc1. The van der Waals surface area contributed by atoms with E-state index in [4.69, 9.17) is 10.1 Å². The van der Waals surface area contributed by atoms with Gasteiger partial charge >= 0.3 is 0 Å². The van der Waals surface area contributed by atoms with E-state index in [0.717, 1.165) is 0 Å². The molecule has 0 aliphatic carbocycles. The number of halogens is 1. The maximum absolute atomic E-state index is 12.9. The Hall–Kier alpha value is -2.65. The highest BCUT2D eigenvalue weighted by atomic mass is 19.1. The Bertz CT molecular complexity index is 656. The second-order valence-electron chi connectivity index (χ2n) is 3.90. The largest absolute Gasteiger partial charge is 0.311 e. The van der Waals surface area contributed by atoms with Crippen LogP contribution in [0.2, 0.25) is 0 Å². The minimum absolute atomic E-state index is 0.146. The number of nitrogens with one attached hydrogen (secondary N) is 1. The summed E-state index contributed by atoms with van der Waals surface area (Å²) in [4.78, 5) is 16.9. The maximum atomic E-state index is 12.9. The van der Waals surface area contributed by atoms with Crippen LogP contribution in [0.4, 0.5) is 4.39 Å². The highest BCUT2D eigenvalue weighted by Crippen LogP contribution is 2.17. The number of hydroxylamine groups is 1. The van der Waals surface area contributed by atoms with Crippen molar-refractivity contribution in [2.45, 2.75) is 6.92 Å². The van der Waals surface area contributed by atoms with Crippen LogP contribution in [0.15, 0.2) is 36.5 Å². The lowest BCUT2D eigenvalue weighted by Crippen LogP contribution is -2.26. The topological polar surface area (TPSA) is 67.0 Å². The van der Waals surface area contributed by atoms with Crippen LogP contribution in [0, 0.1) is 17.1 Å². The van der Waals surface area contributed by atoms with Crippen molar-refractivity contribution in [2.75, 3.05) is 6.61 Å².